The van der Waals surface area contributed by atoms with E-state index in [2.05, 4.69) is 10.2 Å². The highest BCUT2D eigenvalue weighted by Gasteiger charge is 2.30. The molecule has 4 aromatic rings. The average Bonchev–Trinajstić information content (AvgIpc) is 3.56. The Hall–Kier alpha value is -2.85. The quantitative estimate of drug-likeness (QED) is 0.316. The van der Waals surface area contributed by atoms with Crippen LogP contribution in [0.5, 0.6) is 0 Å². The van der Waals surface area contributed by atoms with E-state index in [1.165, 1.54) is 0 Å². The molecule has 11 heteroatoms. The number of aliphatic hydroxyl groups excluding tert-OH is 1. The zero-order valence-corrected chi connectivity index (χ0v) is 23.6. The lowest BCUT2D eigenvalue weighted by molar-refractivity contribution is 0.266. The first-order valence-corrected chi connectivity index (χ1v) is 15.7. The molecule has 2 aromatic carbocycles. The molecule has 2 aliphatic rings. The Kier molecular flexibility index (Phi) is 7.18. The molecule has 204 valence electrons. The van der Waals surface area contributed by atoms with Crippen LogP contribution in [0.25, 0.3) is 28.0 Å². The minimum Gasteiger partial charge on any atom is -0.394 e. The summed E-state index contributed by atoms with van der Waals surface area (Å²) >= 11 is 12.9. The van der Waals surface area contributed by atoms with Gasteiger partial charge in [-0.1, -0.05) is 53.5 Å². The summed E-state index contributed by atoms with van der Waals surface area (Å²) in [5.74, 6) is 1.77. The van der Waals surface area contributed by atoms with Crippen LogP contribution in [0, 0.1) is 0 Å². The van der Waals surface area contributed by atoms with Crippen LogP contribution in [0.3, 0.4) is 0 Å². The second kappa shape index (κ2) is 10.6. The van der Waals surface area contributed by atoms with Gasteiger partial charge in [-0.05, 0) is 49.4 Å². The van der Waals surface area contributed by atoms with Crippen molar-refractivity contribution in [2.24, 2.45) is 0 Å². The van der Waals surface area contributed by atoms with Gasteiger partial charge >= 0.3 is 0 Å². The van der Waals surface area contributed by atoms with Crippen LogP contribution in [-0.2, 0) is 9.84 Å². The molecule has 1 atom stereocenters. The van der Waals surface area contributed by atoms with E-state index >= 15 is 0 Å². The summed E-state index contributed by atoms with van der Waals surface area (Å²) in [6, 6.07) is 17.1. The van der Waals surface area contributed by atoms with E-state index < -0.39 is 9.84 Å². The van der Waals surface area contributed by atoms with E-state index in [0.29, 0.717) is 34.2 Å². The highest BCUT2D eigenvalue weighted by atomic mass is 35.5. The number of aromatic nitrogens is 3. The molecule has 2 fully saturated rings. The Balaban J connectivity index is 1.57. The lowest BCUT2D eigenvalue weighted by Crippen LogP contribution is -2.34. The third-order valence-corrected chi connectivity index (χ3v) is 9.92. The highest BCUT2D eigenvalue weighted by Crippen LogP contribution is 2.40. The molecule has 0 saturated carbocycles. The number of sulfone groups is 1. The summed E-state index contributed by atoms with van der Waals surface area (Å²) < 4.78 is 25.9. The molecular formula is C28H29Cl2N5O3S. The van der Waals surface area contributed by atoms with Gasteiger partial charge in [0.2, 0.25) is 0 Å². The van der Waals surface area contributed by atoms with Crippen molar-refractivity contribution in [3.8, 4) is 22.4 Å². The van der Waals surface area contributed by atoms with Crippen LogP contribution in [0.2, 0.25) is 10.0 Å². The van der Waals surface area contributed by atoms with Crippen LogP contribution in [0.15, 0.2) is 54.6 Å². The zero-order valence-electron chi connectivity index (χ0n) is 21.2. The minimum absolute atomic E-state index is 0.0161. The van der Waals surface area contributed by atoms with Gasteiger partial charge in [0.15, 0.2) is 5.65 Å². The summed E-state index contributed by atoms with van der Waals surface area (Å²) in [6.45, 7) is 0.835. The molecule has 2 aromatic heterocycles. The van der Waals surface area contributed by atoms with Crippen molar-refractivity contribution in [3.05, 3.63) is 64.6 Å². The van der Waals surface area contributed by atoms with E-state index in [4.69, 9.17) is 33.3 Å². The summed E-state index contributed by atoms with van der Waals surface area (Å²) in [7, 11) is -3.00. The van der Waals surface area contributed by atoms with Gasteiger partial charge in [0, 0.05) is 29.2 Å². The molecule has 0 aliphatic carbocycles. The first-order valence-electron chi connectivity index (χ1n) is 13.1. The Bertz CT molecular complexity index is 1610. The maximum Gasteiger partial charge on any atom is 0.168 e. The molecule has 2 saturated heterocycles. The summed E-state index contributed by atoms with van der Waals surface area (Å²) in [5.41, 5.74) is 3.81. The number of nitrogens with zero attached hydrogens (tertiary/aromatic N) is 4. The Morgan fingerprint density at radius 3 is 2.49 bits per heavy atom. The van der Waals surface area contributed by atoms with Crippen LogP contribution < -0.4 is 10.2 Å². The summed E-state index contributed by atoms with van der Waals surface area (Å²) in [4.78, 5) is 7.25. The summed E-state index contributed by atoms with van der Waals surface area (Å²) in [5, 5.41) is 19.9. The van der Waals surface area contributed by atoms with Gasteiger partial charge in [-0.15, -0.1) is 0 Å². The Morgan fingerprint density at radius 1 is 1.03 bits per heavy atom. The largest absolute Gasteiger partial charge is 0.394 e. The Labute approximate surface area is 237 Å². The number of nitrogens with one attached hydrogen (secondary N) is 1. The van der Waals surface area contributed by atoms with Gasteiger partial charge < -0.3 is 15.3 Å². The number of hydrogen-bond donors (Lipinski definition) is 2. The maximum atomic E-state index is 12.1. The third-order valence-electron chi connectivity index (χ3n) is 7.63. The number of rotatable bonds is 6. The monoisotopic (exact) mass is 585 g/mol. The second-order valence-corrected chi connectivity index (χ2v) is 13.3. The zero-order chi connectivity index (χ0) is 27.1. The van der Waals surface area contributed by atoms with Crippen LogP contribution >= 0.6 is 23.2 Å². The molecule has 0 amide bonds. The van der Waals surface area contributed by atoms with Crippen molar-refractivity contribution in [1.29, 1.82) is 0 Å². The third kappa shape index (κ3) is 5.20. The molecule has 4 heterocycles. The number of anilines is 2. The highest BCUT2D eigenvalue weighted by molar-refractivity contribution is 7.91. The van der Waals surface area contributed by atoms with Crippen LogP contribution in [0.1, 0.15) is 25.7 Å². The van der Waals surface area contributed by atoms with Gasteiger partial charge in [-0.25, -0.2) is 13.4 Å². The second-order valence-electron chi connectivity index (χ2n) is 10.2. The van der Waals surface area contributed by atoms with Crippen LogP contribution in [-0.4, -0.2) is 64.9 Å². The van der Waals surface area contributed by atoms with Gasteiger partial charge in [-0.2, -0.15) is 9.61 Å². The smallest absolute Gasteiger partial charge is 0.168 e. The fourth-order valence-electron chi connectivity index (χ4n) is 5.55. The predicted molar refractivity (Wildman–Crippen MR) is 157 cm³/mol. The standard InChI is InChI=1S/C28H29Cl2N5O3S/c29-19-9-7-18(8-10-19)26-27(22-5-1-2-6-23(22)30)33-35-25(31-20-11-14-39(37,38)15-12-20)16-24(32-28(26)35)34-13-3-4-21(34)17-36/h1-2,5-10,16,20-21,31,36H,3-4,11-15,17H2. The molecule has 2 N–H and O–H groups in total. The average molecular weight is 587 g/mol. The number of halogens is 2. The van der Waals surface area contributed by atoms with E-state index in [-0.39, 0.29) is 30.2 Å². The fraction of sp³-hybridized carbons (Fsp3) is 0.357. The Morgan fingerprint density at radius 2 is 1.77 bits per heavy atom. The first kappa shape index (κ1) is 26.4. The van der Waals surface area contributed by atoms with Crippen molar-refractivity contribution in [1.82, 2.24) is 14.6 Å². The molecule has 2 aliphatic heterocycles. The number of fused-ring (bicyclic) bond motifs is 1. The molecule has 0 radical (unpaired) electrons. The maximum absolute atomic E-state index is 12.1. The van der Waals surface area contributed by atoms with E-state index in [1.54, 1.807) is 4.52 Å². The topological polar surface area (TPSA) is 99.8 Å². The SMILES string of the molecule is O=S1(=O)CCC(Nc2cc(N3CCCC3CO)nc3c(-c4ccc(Cl)cc4)c(-c4ccccc4Cl)nn23)CC1. The molecule has 39 heavy (non-hydrogen) atoms. The molecule has 0 bridgehead atoms. The van der Waals surface area contributed by atoms with Crippen molar-refractivity contribution in [3.63, 3.8) is 0 Å². The summed E-state index contributed by atoms with van der Waals surface area (Å²) in [6.07, 6.45) is 2.90. The van der Waals surface area contributed by atoms with Gasteiger partial charge in [0.25, 0.3) is 0 Å². The molecule has 6 rings (SSSR count). The van der Waals surface area contributed by atoms with Gasteiger partial charge in [0.05, 0.1) is 34.7 Å². The van der Waals surface area contributed by atoms with E-state index in [1.807, 2.05) is 54.6 Å². The number of benzene rings is 2. The number of hydrogen-bond acceptors (Lipinski definition) is 7. The molecular weight excluding hydrogens is 557 g/mol. The predicted octanol–water partition coefficient (Wildman–Crippen LogP) is 5.32. The number of aliphatic hydroxyl groups is 1. The van der Waals surface area contributed by atoms with Crippen molar-refractivity contribution >= 4 is 50.3 Å². The van der Waals surface area contributed by atoms with Gasteiger partial charge in [0.1, 0.15) is 27.2 Å². The van der Waals surface area contributed by atoms with E-state index in [9.17, 15) is 13.5 Å². The lowest BCUT2D eigenvalue weighted by atomic mass is 10.0. The van der Waals surface area contributed by atoms with Crippen molar-refractivity contribution in [2.75, 3.05) is 34.9 Å². The lowest BCUT2D eigenvalue weighted by Gasteiger charge is -2.27. The van der Waals surface area contributed by atoms with Crippen molar-refractivity contribution < 1.29 is 13.5 Å². The fourth-order valence-corrected chi connectivity index (χ4v) is 7.39. The first-order chi connectivity index (χ1) is 18.8. The normalized spacial score (nSPS) is 19.6. The van der Waals surface area contributed by atoms with Crippen molar-refractivity contribution in [2.45, 2.75) is 37.8 Å². The van der Waals surface area contributed by atoms with Gasteiger partial charge in [-0.3, -0.25) is 0 Å². The minimum atomic E-state index is -3.00. The molecule has 1 unspecified atom stereocenters. The molecule has 0 spiro atoms. The van der Waals surface area contributed by atoms with E-state index in [0.717, 1.165) is 47.7 Å². The molecule has 8 nitrogen and oxygen atoms in total. The van der Waals surface area contributed by atoms with Crippen LogP contribution in [0.4, 0.5) is 11.6 Å².